The summed E-state index contributed by atoms with van der Waals surface area (Å²) in [6, 6.07) is 67.7. The Balaban J connectivity index is 1.01. The quantitative estimate of drug-likeness (QED) is 0.168. The standard InChI is InChI=1S/C49H32N2O2/c1-4-12-33(13-5-1)37-16-10-17-38(30-37)34-22-26-40(27-23-34)51(39-18-8-3-9-19-39)41-28-24-35(25-29-41)42-20-11-21-45-48(42)43-31-44-47(32-46(43)52-45)53-49(50-44)36-14-6-2-7-15-36/h1-32H. The van der Waals surface area contributed by atoms with Crippen molar-refractivity contribution in [3.63, 3.8) is 0 Å². The van der Waals surface area contributed by atoms with Crippen LogP contribution in [0.15, 0.2) is 203 Å². The molecule has 0 radical (unpaired) electrons. The molecule has 0 N–H and O–H groups in total. The molecule has 250 valence electrons. The first kappa shape index (κ1) is 30.6. The van der Waals surface area contributed by atoms with Crippen molar-refractivity contribution in [2.24, 2.45) is 0 Å². The monoisotopic (exact) mass is 680 g/mol. The Hall–Kier alpha value is -7.17. The van der Waals surface area contributed by atoms with E-state index in [1.165, 1.54) is 22.3 Å². The largest absolute Gasteiger partial charge is 0.456 e. The number of anilines is 3. The number of fused-ring (bicyclic) bond motifs is 4. The Morgan fingerprint density at radius 1 is 0.358 bits per heavy atom. The number of nitrogens with zero attached hydrogens (tertiary/aromatic N) is 2. The Kier molecular flexibility index (Phi) is 7.43. The Labute approximate surface area is 306 Å². The minimum absolute atomic E-state index is 0.600. The predicted molar refractivity (Wildman–Crippen MR) is 218 cm³/mol. The van der Waals surface area contributed by atoms with Crippen LogP contribution >= 0.6 is 0 Å². The Morgan fingerprint density at radius 2 is 0.906 bits per heavy atom. The molecule has 0 saturated carbocycles. The van der Waals surface area contributed by atoms with E-state index in [2.05, 4.69) is 157 Å². The first-order chi connectivity index (χ1) is 26.2. The van der Waals surface area contributed by atoms with E-state index in [1.807, 2.05) is 42.5 Å². The summed E-state index contributed by atoms with van der Waals surface area (Å²) in [6.07, 6.45) is 0. The maximum Gasteiger partial charge on any atom is 0.227 e. The average Bonchev–Trinajstić information content (AvgIpc) is 3.82. The molecule has 0 aliphatic heterocycles. The third-order valence-electron chi connectivity index (χ3n) is 9.91. The van der Waals surface area contributed by atoms with Crippen LogP contribution in [0.3, 0.4) is 0 Å². The van der Waals surface area contributed by atoms with Gasteiger partial charge in [0.2, 0.25) is 5.89 Å². The summed E-state index contributed by atoms with van der Waals surface area (Å²) in [6.45, 7) is 0. The number of hydrogen-bond donors (Lipinski definition) is 0. The van der Waals surface area contributed by atoms with E-state index < -0.39 is 0 Å². The van der Waals surface area contributed by atoms with Crippen molar-refractivity contribution in [1.29, 1.82) is 0 Å². The van der Waals surface area contributed by atoms with Gasteiger partial charge < -0.3 is 13.7 Å². The first-order valence-corrected chi connectivity index (χ1v) is 17.8. The molecule has 0 saturated heterocycles. The molecule has 0 fully saturated rings. The summed E-state index contributed by atoms with van der Waals surface area (Å²) in [5.74, 6) is 0.600. The number of oxazole rings is 1. The lowest BCUT2D eigenvalue weighted by molar-refractivity contribution is 0.617. The molecule has 4 nitrogen and oxygen atoms in total. The van der Waals surface area contributed by atoms with E-state index in [0.29, 0.717) is 11.5 Å². The second-order valence-electron chi connectivity index (χ2n) is 13.2. The van der Waals surface area contributed by atoms with Crippen LogP contribution in [-0.2, 0) is 0 Å². The summed E-state index contributed by atoms with van der Waals surface area (Å²) in [5, 5.41) is 2.08. The van der Waals surface area contributed by atoms with Gasteiger partial charge in [0, 0.05) is 39.5 Å². The number of para-hydroxylation sites is 1. The van der Waals surface area contributed by atoms with Gasteiger partial charge in [-0.25, -0.2) is 4.98 Å². The van der Waals surface area contributed by atoms with E-state index in [-0.39, 0.29) is 0 Å². The van der Waals surface area contributed by atoms with E-state index >= 15 is 0 Å². The van der Waals surface area contributed by atoms with Crippen LogP contribution in [0.25, 0.3) is 77.9 Å². The van der Waals surface area contributed by atoms with Crippen molar-refractivity contribution >= 4 is 50.1 Å². The van der Waals surface area contributed by atoms with Gasteiger partial charge in [0.15, 0.2) is 5.58 Å². The van der Waals surface area contributed by atoms with Crippen LogP contribution in [0.2, 0.25) is 0 Å². The van der Waals surface area contributed by atoms with E-state index in [1.54, 1.807) is 0 Å². The maximum atomic E-state index is 6.39. The van der Waals surface area contributed by atoms with Gasteiger partial charge in [-0.2, -0.15) is 0 Å². The van der Waals surface area contributed by atoms with Crippen molar-refractivity contribution in [2.45, 2.75) is 0 Å². The van der Waals surface area contributed by atoms with Crippen LogP contribution in [0.1, 0.15) is 0 Å². The SMILES string of the molecule is c1ccc(-c2cccc(-c3ccc(N(c4ccccc4)c4ccc(-c5cccc6oc7cc8oc(-c9ccccc9)nc8cc7c56)cc4)cc3)c2)cc1. The lowest BCUT2D eigenvalue weighted by Gasteiger charge is -2.26. The average molecular weight is 681 g/mol. The molecule has 2 heterocycles. The van der Waals surface area contributed by atoms with Gasteiger partial charge in [0.05, 0.1) is 0 Å². The summed E-state index contributed by atoms with van der Waals surface area (Å²) in [7, 11) is 0. The molecule has 0 bridgehead atoms. The fraction of sp³-hybridized carbons (Fsp3) is 0. The minimum atomic E-state index is 0.600. The second kappa shape index (κ2) is 12.9. The molecule has 0 amide bonds. The highest BCUT2D eigenvalue weighted by Gasteiger charge is 2.18. The smallest absolute Gasteiger partial charge is 0.227 e. The fourth-order valence-electron chi connectivity index (χ4n) is 7.32. The number of hydrogen-bond acceptors (Lipinski definition) is 4. The zero-order chi connectivity index (χ0) is 35.1. The first-order valence-electron chi connectivity index (χ1n) is 17.8. The van der Waals surface area contributed by atoms with Gasteiger partial charge in [0.1, 0.15) is 16.7 Å². The van der Waals surface area contributed by atoms with Gasteiger partial charge in [-0.15, -0.1) is 0 Å². The number of benzene rings is 8. The summed E-state index contributed by atoms with van der Waals surface area (Å²) < 4.78 is 12.5. The van der Waals surface area contributed by atoms with Crippen LogP contribution in [0.4, 0.5) is 17.1 Å². The summed E-state index contributed by atoms with van der Waals surface area (Å²) >= 11 is 0. The van der Waals surface area contributed by atoms with Crippen molar-refractivity contribution in [3.8, 4) is 44.8 Å². The van der Waals surface area contributed by atoms with Crippen LogP contribution in [0.5, 0.6) is 0 Å². The van der Waals surface area contributed by atoms with Crippen molar-refractivity contribution in [3.05, 3.63) is 194 Å². The Morgan fingerprint density at radius 3 is 1.58 bits per heavy atom. The third kappa shape index (κ3) is 5.63. The summed E-state index contributed by atoms with van der Waals surface area (Å²) in [4.78, 5) is 7.13. The van der Waals surface area contributed by atoms with Crippen molar-refractivity contribution in [1.82, 2.24) is 4.98 Å². The van der Waals surface area contributed by atoms with Crippen LogP contribution < -0.4 is 4.90 Å². The molecule has 53 heavy (non-hydrogen) atoms. The summed E-state index contributed by atoms with van der Waals surface area (Å²) in [5.41, 5.74) is 14.3. The minimum Gasteiger partial charge on any atom is -0.456 e. The molecule has 0 spiro atoms. The van der Waals surface area contributed by atoms with Gasteiger partial charge in [0.25, 0.3) is 0 Å². The van der Waals surface area contributed by atoms with Crippen LogP contribution in [0, 0.1) is 0 Å². The molecule has 0 atom stereocenters. The van der Waals surface area contributed by atoms with Gasteiger partial charge >= 0.3 is 0 Å². The predicted octanol–water partition coefficient (Wildman–Crippen LogP) is 13.9. The topological polar surface area (TPSA) is 42.4 Å². The maximum absolute atomic E-state index is 6.39. The highest BCUT2D eigenvalue weighted by Crippen LogP contribution is 2.41. The zero-order valence-electron chi connectivity index (χ0n) is 28.7. The highest BCUT2D eigenvalue weighted by molar-refractivity contribution is 6.15. The van der Waals surface area contributed by atoms with E-state index in [0.717, 1.165) is 61.2 Å². The van der Waals surface area contributed by atoms with Gasteiger partial charge in [-0.05, 0) is 100 Å². The lowest BCUT2D eigenvalue weighted by atomic mass is 9.98. The van der Waals surface area contributed by atoms with Crippen molar-refractivity contribution < 1.29 is 8.83 Å². The molecular formula is C49H32N2O2. The molecule has 0 unspecified atom stereocenters. The molecule has 0 aliphatic rings. The molecule has 2 aromatic heterocycles. The lowest BCUT2D eigenvalue weighted by Crippen LogP contribution is -2.09. The fourth-order valence-corrected chi connectivity index (χ4v) is 7.32. The molecular weight excluding hydrogens is 649 g/mol. The zero-order valence-corrected chi connectivity index (χ0v) is 28.7. The molecule has 10 aromatic rings. The van der Waals surface area contributed by atoms with Gasteiger partial charge in [-0.3, -0.25) is 0 Å². The number of furan rings is 1. The number of aromatic nitrogens is 1. The van der Waals surface area contributed by atoms with Crippen LogP contribution in [-0.4, -0.2) is 4.98 Å². The van der Waals surface area contributed by atoms with Crippen molar-refractivity contribution in [2.75, 3.05) is 4.90 Å². The van der Waals surface area contributed by atoms with E-state index in [9.17, 15) is 0 Å². The molecule has 8 aromatic carbocycles. The Bertz CT molecular complexity index is 2860. The number of rotatable bonds is 7. The normalized spacial score (nSPS) is 11.4. The van der Waals surface area contributed by atoms with E-state index in [4.69, 9.17) is 13.8 Å². The second-order valence-corrected chi connectivity index (χ2v) is 13.2. The third-order valence-corrected chi connectivity index (χ3v) is 9.91. The molecule has 4 heteroatoms. The molecule has 10 rings (SSSR count). The van der Waals surface area contributed by atoms with Gasteiger partial charge in [-0.1, -0.05) is 121 Å². The molecule has 0 aliphatic carbocycles. The highest BCUT2D eigenvalue weighted by atomic mass is 16.4.